The number of hydrogen-bond acceptors (Lipinski definition) is 1. The first kappa shape index (κ1) is 13.5. The molecule has 0 aromatic rings. The molecule has 1 nitrogen and oxygen atoms in total. The summed E-state index contributed by atoms with van der Waals surface area (Å²) < 4.78 is 75.5. The second kappa shape index (κ2) is 4.37. The van der Waals surface area contributed by atoms with Crippen molar-refractivity contribution in [2.75, 3.05) is 6.67 Å². The van der Waals surface area contributed by atoms with Gasteiger partial charge in [0.25, 0.3) is 0 Å². The number of rotatable bonds is 4. The van der Waals surface area contributed by atoms with Crippen LogP contribution in [0.2, 0.25) is 0 Å². The van der Waals surface area contributed by atoms with Crippen LogP contribution in [0.25, 0.3) is 0 Å². The van der Waals surface area contributed by atoms with Crippen molar-refractivity contribution >= 4 is 0 Å². The molecule has 7 heteroatoms. The van der Waals surface area contributed by atoms with Gasteiger partial charge in [-0.15, -0.1) is 0 Å². The van der Waals surface area contributed by atoms with Gasteiger partial charge in [-0.05, 0) is 5.92 Å². The van der Waals surface area contributed by atoms with Crippen molar-refractivity contribution < 1.29 is 31.1 Å². The van der Waals surface area contributed by atoms with Gasteiger partial charge in [0.15, 0.2) is 12.8 Å². The molecule has 0 radical (unpaired) electrons. The molecule has 0 rings (SSSR count). The van der Waals surface area contributed by atoms with E-state index in [4.69, 9.17) is 0 Å². The Morgan fingerprint density at radius 2 is 1.50 bits per heavy atom. The van der Waals surface area contributed by atoms with Crippen LogP contribution in [-0.2, 0) is 4.74 Å². The second-order valence-corrected chi connectivity index (χ2v) is 3.10. The molecule has 0 heterocycles. The molecule has 0 fully saturated rings. The average Bonchev–Trinajstić information content (AvgIpc) is 1.98. The summed E-state index contributed by atoms with van der Waals surface area (Å²) in [6, 6.07) is 0. The monoisotopic (exact) mass is 224 g/mol. The van der Waals surface area contributed by atoms with Crippen molar-refractivity contribution in [2.24, 2.45) is 5.92 Å². The van der Waals surface area contributed by atoms with Crippen LogP contribution in [0.3, 0.4) is 0 Å². The minimum absolute atomic E-state index is 1.06. The molecule has 0 aromatic carbocycles. The zero-order valence-electron chi connectivity index (χ0n) is 7.54. The first-order valence-corrected chi connectivity index (χ1v) is 3.78. The van der Waals surface area contributed by atoms with E-state index in [1.54, 1.807) is 0 Å². The number of hydrogen-bond donors (Lipinski definition) is 0. The van der Waals surface area contributed by atoms with Gasteiger partial charge in [0, 0.05) is 0 Å². The summed E-state index contributed by atoms with van der Waals surface area (Å²) in [5.74, 6) is -1.20. The highest BCUT2D eigenvalue weighted by molar-refractivity contribution is 4.73. The lowest BCUT2D eigenvalue weighted by Gasteiger charge is -2.27. The SMILES string of the molecule is CC(C)C(OC(F)(F)CF)C(F)(F)F. The summed E-state index contributed by atoms with van der Waals surface area (Å²) in [6.45, 7) is -0.148. The predicted octanol–water partition coefficient (Wildman–Crippen LogP) is 3.15. The van der Waals surface area contributed by atoms with E-state index < -0.39 is 31.0 Å². The maximum absolute atomic E-state index is 12.2. The Balaban J connectivity index is 4.55. The molecule has 14 heavy (non-hydrogen) atoms. The third-order valence-corrected chi connectivity index (χ3v) is 1.38. The topological polar surface area (TPSA) is 9.23 Å². The molecule has 0 saturated carbocycles. The fraction of sp³-hybridized carbons (Fsp3) is 1.00. The van der Waals surface area contributed by atoms with Crippen molar-refractivity contribution in [1.29, 1.82) is 0 Å². The predicted molar refractivity (Wildman–Crippen MR) is 36.7 cm³/mol. The zero-order chi connectivity index (χ0) is 11.6. The number of ether oxygens (including phenoxy) is 1. The largest absolute Gasteiger partial charge is 0.415 e. The quantitative estimate of drug-likeness (QED) is 0.666. The van der Waals surface area contributed by atoms with Gasteiger partial charge in [-0.1, -0.05) is 13.8 Å². The Kier molecular flexibility index (Phi) is 4.23. The maximum Gasteiger partial charge on any atom is 0.415 e. The smallest absolute Gasteiger partial charge is 0.305 e. The molecule has 0 saturated heterocycles. The average molecular weight is 224 g/mol. The number of alkyl halides is 6. The van der Waals surface area contributed by atoms with E-state index in [1.165, 1.54) is 0 Å². The molecule has 0 bridgehead atoms. The molecule has 0 aliphatic rings. The van der Waals surface area contributed by atoms with Crippen molar-refractivity contribution in [3.63, 3.8) is 0 Å². The van der Waals surface area contributed by atoms with Gasteiger partial charge in [0.2, 0.25) is 0 Å². The summed E-state index contributed by atoms with van der Waals surface area (Å²) in [4.78, 5) is 0. The van der Waals surface area contributed by atoms with E-state index in [0.29, 0.717) is 0 Å². The van der Waals surface area contributed by atoms with Gasteiger partial charge < -0.3 is 4.74 Å². The fourth-order valence-electron chi connectivity index (χ4n) is 0.798. The lowest BCUT2D eigenvalue weighted by molar-refractivity contribution is -0.336. The molecule has 0 spiro atoms. The summed E-state index contributed by atoms with van der Waals surface area (Å²) in [6.07, 6.45) is -12.0. The molecule has 0 aliphatic heterocycles. The first-order chi connectivity index (χ1) is 6.10. The number of halogens is 6. The fourth-order valence-corrected chi connectivity index (χ4v) is 0.798. The minimum Gasteiger partial charge on any atom is -0.305 e. The molecular weight excluding hydrogens is 214 g/mol. The van der Waals surface area contributed by atoms with Gasteiger partial charge in [-0.3, -0.25) is 0 Å². The van der Waals surface area contributed by atoms with Crippen LogP contribution in [0.15, 0.2) is 0 Å². The summed E-state index contributed by atoms with van der Waals surface area (Å²) in [5.41, 5.74) is 0. The van der Waals surface area contributed by atoms with Crippen molar-refractivity contribution in [2.45, 2.75) is 32.2 Å². The molecule has 1 unspecified atom stereocenters. The molecular formula is C7H10F6O. The van der Waals surface area contributed by atoms with Crippen molar-refractivity contribution in [3.05, 3.63) is 0 Å². The van der Waals surface area contributed by atoms with E-state index in [-0.39, 0.29) is 0 Å². The van der Waals surface area contributed by atoms with E-state index in [2.05, 4.69) is 4.74 Å². The van der Waals surface area contributed by atoms with Gasteiger partial charge in [-0.25, -0.2) is 4.39 Å². The van der Waals surface area contributed by atoms with Crippen LogP contribution in [0.1, 0.15) is 13.8 Å². The van der Waals surface area contributed by atoms with E-state index in [0.717, 1.165) is 13.8 Å². The zero-order valence-corrected chi connectivity index (χ0v) is 7.54. The Morgan fingerprint density at radius 1 is 1.07 bits per heavy atom. The Hall–Kier alpha value is -0.460. The minimum atomic E-state index is -4.92. The van der Waals surface area contributed by atoms with Crippen LogP contribution < -0.4 is 0 Å². The Bertz CT molecular complexity index is 176. The molecule has 0 N–H and O–H groups in total. The maximum atomic E-state index is 12.2. The van der Waals surface area contributed by atoms with Gasteiger partial charge in [-0.2, -0.15) is 22.0 Å². The van der Waals surface area contributed by atoms with E-state index in [1.807, 2.05) is 0 Å². The molecule has 0 aromatic heterocycles. The normalized spacial score (nSPS) is 16.1. The van der Waals surface area contributed by atoms with Gasteiger partial charge in [0.05, 0.1) is 0 Å². The lowest BCUT2D eigenvalue weighted by atomic mass is 10.1. The molecule has 86 valence electrons. The molecule has 1 atom stereocenters. The van der Waals surface area contributed by atoms with Crippen molar-refractivity contribution in [1.82, 2.24) is 0 Å². The van der Waals surface area contributed by atoms with E-state index >= 15 is 0 Å². The van der Waals surface area contributed by atoms with Gasteiger partial charge >= 0.3 is 12.3 Å². The third-order valence-electron chi connectivity index (χ3n) is 1.38. The van der Waals surface area contributed by atoms with Crippen LogP contribution >= 0.6 is 0 Å². The van der Waals surface area contributed by atoms with Crippen LogP contribution in [0.5, 0.6) is 0 Å². The van der Waals surface area contributed by atoms with Crippen LogP contribution in [-0.4, -0.2) is 25.1 Å². The standard InChI is InChI=1S/C7H10F6O/c1-4(2)5(7(11,12)13)14-6(9,10)3-8/h4-5H,3H2,1-2H3. The van der Waals surface area contributed by atoms with Crippen molar-refractivity contribution in [3.8, 4) is 0 Å². The first-order valence-electron chi connectivity index (χ1n) is 3.78. The van der Waals surface area contributed by atoms with Crippen LogP contribution in [0, 0.1) is 5.92 Å². The Labute approximate surface area is 77.0 Å². The summed E-state index contributed by atoms with van der Waals surface area (Å²) >= 11 is 0. The highest BCUT2D eigenvalue weighted by Crippen LogP contribution is 2.33. The lowest BCUT2D eigenvalue weighted by Crippen LogP contribution is -2.42. The molecule has 0 amide bonds. The van der Waals surface area contributed by atoms with Crippen LogP contribution in [0.4, 0.5) is 26.3 Å². The Morgan fingerprint density at radius 3 is 1.71 bits per heavy atom. The highest BCUT2D eigenvalue weighted by atomic mass is 19.4. The highest BCUT2D eigenvalue weighted by Gasteiger charge is 2.48. The third kappa shape index (κ3) is 4.17. The molecule has 0 aliphatic carbocycles. The summed E-state index contributed by atoms with van der Waals surface area (Å²) in [7, 11) is 0. The summed E-state index contributed by atoms with van der Waals surface area (Å²) in [5, 5.41) is 0. The van der Waals surface area contributed by atoms with E-state index in [9.17, 15) is 26.3 Å². The second-order valence-electron chi connectivity index (χ2n) is 3.10. The van der Waals surface area contributed by atoms with Gasteiger partial charge in [0.1, 0.15) is 0 Å².